The lowest BCUT2D eigenvalue weighted by Gasteiger charge is -2.36. The molecule has 1 aliphatic heterocycles. The molecule has 7 nitrogen and oxygen atoms in total. The van der Waals surface area contributed by atoms with Crippen molar-refractivity contribution in [3.63, 3.8) is 0 Å². The number of carbonyl (C=O) groups is 1. The van der Waals surface area contributed by atoms with Crippen molar-refractivity contribution in [2.24, 2.45) is 0 Å². The molecule has 1 aromatic rings. The second-order valence-corrected chi connectivity index (χ2v) is 5.68. The first-order chi connectivity index (χ1) is 9.65. The third-order valence-electron chi connectivity index (χ3n) is 4.17. The highest BCUT2D eigenvalue weighted by molar-refractivity contribution is 5.98. The topological polar surface area (TPSA) is 113 Å². The molecule has 0 spiro atoms. The maximum Gasteiger partial charge on any atom is 0.274 e. The van der Waals surface area contributed by atoms with Crippen molar-refractivity contribution in [2.45, 2.75) is 37.1 Å². The molecule has 1 amide bonds. The Morgan fingerprint density at radius 3 is 2.80 bits per heavy atom. The van der Waals surface area contributed by atoms with E-state index in [9.17, 15) is 9.90 Å². The first-order valence-electron chi connectivity index (χ1n) is 7.00. The van der Waals surface area contributed by atoms with E-state index in [2.05, 4.69) is 15.5 Å². The van der Waals surface area contributed by atoms with E-state index in [0.29, 0.717) is 37.7 Å². The maximum atomic E-state index is 12.3. The molecule has 0 aromatic carbocycles. The van der Waals surface area contributed by atoms with Gasteiger partial charge in [0.15, 0.2) is 5.69 Å². The molecule has 3 rings (SSSR count). The first-order valence-corrected chi connectivity index (χ1v) is 7.00. The SMILES string of the molecule is Nc1c(C(=O)NC2(CO)CCOCC2)n[nH]c1C1CC1. The highest BCUT2D eigenvalue weighted by atomic mass is 16.5. The lowest BCUT2D eigenvalue weighted by Crippen LogP contribution is -2.54. The third-order valence-corrected chi connectivity index (χ3v) is 4.17. The van der Waals surface area contributed by atoms with Crippen LogP contribution in [-0.2, 0) is 4.74 Å². The summed E-state index contributed by atoms with van der Waals surface area (Å²) >= 11 is 0. The number of H-pyrrole nitrogens is 1. The summed E-state index contributed by atoms with van der Waals surface area (Å²) < 4.78 is 5.27. The van der Waals surface area contributed by atoms with Crippen LogP contribution in [0.25, 0.3) is 0 Å². The minimum absolute atomic E-state index is 0.109. The van der Waals surface area contributed by atoms with Gasteiger partial charge in [0.25, 0.3) is 5.91 Å². The monoisotopic (exact) mass is 280 g/mol. The van der Waals surface area contributed by atoms with Crippen LogP contribution in [0.5, 0.6) is 0 Å². The molecule has 0 unspecified atom stereocenters. The van der Waals surface area contributed by atoms with Gasteiger partial charge in [-0.3, -0.25) is 9.89 Å². The number of nitrogens with one attached hydrogen (secondary N) is 2. The van der Waals surface area contributed by atoms with Gasteiger partial charge in [0, 0.05) is 19.1 Å². The molecule has 1 aromatic heterocycles. The van der Waals surface area contributed by atoms with Crippen LogP contribution in [0.3, 0.4) is 0 Å². The number of nitrogens with zero attached hydrogens (tertiary/aromatic N) is 1. The molecule has 0 bridgehead atoms. The van der Waals surface area contributed by atoms with E-state index in [1.165, 1.54) is 0 Å². The van der Waals surface area contributed by atoms with Crippen molar-refractivity contribution in [1.82, 2.24) is 15.5 Å². The van der Waals surface area contributed by atoms with E-state index in [1.807, 2.05) is 0 Å². The molecule has 2 heterocycles. The van der Waals surface area contributed by atoms with Crippen LogP contribution in [0.2, 0.25) is 0 Å². The van der Waals surface area contributed by atoms with Crippen molar-refractivity contribution < 1.29 is 14.6 Å². The molecule has 1 saturated carbocycles. The summed E-state index contributed by atoms with van der Waals surface area (Å²) in [6.07, 6.45) is 3.36. The van der Waals surface area contributed by atoms with Crippen LogP contribution in [0.4, 0.5) is 5.69 Å². The van der Waals surface area contributed by atoms with Crippen molar-refractivity contribution in [2.75, 3.05) is 25.6 Å². The Labute approximate surface area is 116 Å². The van der Waals surface area contributed by atoms with Crippen molar-refractivity contribution in [1.29, 1.82) is 0 Å². The van der Waals surface area contributed by atoms with E-state index in [4.69, 9.17) is 10.5 Å². The number of anilines is 1. The second-order valence-electron chi connectivity index (χ2n) is 5.68. The molecule has 2 aliphatic rings. The van der Waals surface area contributed by atoms with Gasteiger partial charge in [-0.1, -0.05) is 0 Å². The highest BCUT2D eigenvalue weighted by Gasteiger charge is 2.36. The second kappa shape index (κ2) is 5.06. The van der Waals surface area contributed by atoms with Crippen LogP contribution in [-0.4, -0.2) is 46.6 Å². The van der Waals surface area contributed by atoms with Crippen molar-refractivity contribution in [3.8, 4) is 0 Å². The Bertz CT molecular complexity index is 504. The number of aromatic nitrogens is 2. The Balaban J connectivity index is 1.75. The molecule has 0 radical (unpaired) electrons. The zero-order chi connectivity index (χ0) is 14.2. The fraction of sp³-hybridized carbons (Fsp3) is 0.692. The molecule has 0 atom stereocenters. The number of nitrogen functional groups attached to an aromatic ring is 1. The lowest BCUT2D eigenvalue weighted by molar-refractivity contribution is 0.0124. The largest absolute Gasteiger partial charge is 0.395 e. The smallest absolute Gasteiger partial charge is 0.274 e. The van der Waals surface area contributed by atoms with Crippen LogP contribution in [0.1, 0.15) is 47.8 Å². The summed E-state index contributed by atoms with van der Waals surface area (Å²) in [6, 6.07) is 0. The molecule has 7 heteroatoms. The van der Waals surface area contributed by atoms with Gasteiger partial charge >= 0.3 is 0 Å². The summed E-state index contributed by atoms with van der Waals surface area (Å²) in [7, 11) is 0. The molecule has 2 fully saturated rings. The Hall–Kier alpha value is -1.60. The Kier molecular flexibility index (Phi) is 3.39. The predicted octanol–water partition coefficient (Wildman–Crippen LogP) is 0.141. The average molecular weight is 280 g/mol. The van der Waals surface area contributed by atoms with Crippen LogP contribution in [0.15, 0.2) is 0 Å². The quantitative estimate of drug-likeness (QED) is 0.626. The summed E-state index contributed by atoms with van der Waals surface area (Å²) in [5.74, 6) is 0.0838. The standard InChI is InChI=1S/C13H20N4O3/c14-9-10(8-1-2-8)16-17-11(9)12(19)15-13(7-18)3-5-20-6-4-13/h8,18H,1-7,14H2,(H,15,19)(H,16,17). The number of rotatable bonds is 4. The van der Waals surface area contributed by atoms with Crippen LogP contribution in [0, 0.1) is 0 Å². The first kappa shape index (κ1) is 13.4. The number of hydrogen-bond acceptors (Lipinski definition) is 5. The van der Waals surface area contributed by atoms with E-state index >= 15 is 0 Å². The lowest BCUT2D eigenvalue weighted by atomic mass is 9.91. The van der Waals surface area contributed by atoms with Crippen LogP contribution >= 0.6 is 0 Å². The molecule has 1 saturated heterocycles. The number of aromatic amines is 1. The van der Waals surface area contributed by atoms with E-state index in [1.54, 1.807) is 0 Å². The van der Waals surface area contributed by atoms with Crippen LogP contribution < -0.4 is 11.1 Å². The van der Waals surface area contributed by atoms with Gasteiger partial charge in [-0.05, 0) is 25.7 Å². The normalized spacial score (nSPS) is 21.6. The van der Waals surface area contributed by atoms with Crippen molar-refractivity contribution >= 4 is 11.6 Å². The highest BCUT2D eigenvalue weighted by Crippen LogP contribution is 2.42. The number of aliphatic hydroxyl groups is 1. The van der Waals surface area contributed by atoms with E-state index in [0.717, 1.165) is 18.5 Å². The molecule has 110 valence electrons. The number of nitrogens with two attached hydrogens (primary N) is 1. The molecule has 1 aliphatic carbocycles. The Morgan fingerprint density at radius 2 is 2.20 bits per heavy atom. The van der Waals surface area contributed by atoms with E-state index in [-0.39, 0.29) is 18.2 Å². The number of carbonyl (C=O) groups excluding carboxylic acids is 1. The van der Waals surface area contributed by atoms with E-state index < -0.39 is 5.54 Å². The third kappa shape index (κ3) is 2.38. The zero-order valence-electron chi connectivity index (χ0n) is 11.3. The number of ether oxygens (including phenoxy) is 1. The van der Waals surface area contributed by atoms with Gasteiger partial charge in [-0.2, -0.15) is 5.10 Å². The van der Waals surface area contributed by atoms with Gasteiger partial charge in [-0.15, -0.1) is 0 Å². The average Bonchev–Trinajstić information content (AvgIpc) is 3.22. The van der Waals surface area contributed by atoms with Gasteiger partial charge in [0.05, 0.1) is 23.5 Å². The summed E-state index contributed by atoms with van der Waals surface area (Å²) in [6.45, 7) is 0.955. The molecular formula is C13H20N4O3. The molecule has 5 N–H and O–H groups in total. The number of aliphatic hydroxyl groups excluding tert-OH is 1. The maximum absolute atomic E-state index is 12.3. The molecular weight excluding hydrogens is 260 g/mol. The van der Waals surface area contributed by atoms with Gasteiger partial charge < -0.3 is 20.9 Å². The number of hydrogen-bond donors (Lipinski definition) is 4. The number of amides is 1. The minimum atomic E-state index is -0.625. The van der Waals surface area contributed by atoms with Gasteiger partial charge in [0.1, 0.15) is 0 Å². The fourth-order valence-corrected chi connectivity index (χ4v) is 2.61. The fourth-order valence-electron chi connectivity index (χ4n) is 2.61. The summed E-state index contributed by atoms with van der Waals surface area (Å²) in [5.41, 5.74) is 6.89. The Morgan fingerprint density at radius 1 is 1.50 bits per heavy atom. The predicted molar refractivity (Wildman–Crippen MR) is 72.3 cm³/mol. The van der Waals surface area contributed by atoms with Crippen molar-refractivity contribution in [3.05, 3.63) is 11.4 Å². The zero-order valence-corrected chi connectivity index (χ0v) is 11.3. The van der Waals surface area contributed by atoms with Gasteiger partial charge in [-0.25, -0.2) is 0 Å². The molecule has 20 heavy (non-hydrogen) atoms. The summed E-state index contributed by atoms with van der Waals surface area (Å²) in [5, 5.41) is 19.4. The van der Waals surface area contributed by atoms with Gasteiger partial charge in [0.2, 0.25) is 0 Å². The summed E-state index contributed by atoms with van der Waals surface area (Å²) in [4.78, 5) is 12.3. The minimum Gasteiger partial charge on any atom is -0.395 e.